The lowest BCUT2D eigenvalue weighted by Crippen LogP contribution is -2.47. The molecule has 26 heavy (non-hydrogen) atoms. The molecule has 0 saturated carbocycles. The largest absolute Gasteiger partial charge is 0.506 e. The molecule has 0 aliphatic carbocycles. The van der Waals surface area contributed by atoms with Gasteiger partial charge in [-0.05, 0) is 55.0 Å². The lowest BCUT2D eigenvalue weighted by atomic mass is 9.68. The number of phenolic OH excluding ortho intramolecular Hbond substituents is 1. The van der Waals surface area contributed by atoms with Gasteiger partial charge in [-0.1, -0.05) is 53.0 Å². The summed E-state index contributed by atoms with van der Waals surface area (Å²) in [7, 11) is 0. The SMILES string of the molecule is CCCCCCN1CC[C@](C)(c2ccc(NC(=O)CC)c(O)c2)[C@@H](C)C1. The van der Waals surface area contributed by atoms with Crippen LogP contribution in [0, 0.1) is 5.92 Å². The fraction of sp³-hybridized carbons (Fsp3) is 0.682. The zero-order valence-corrected chi connectivity index (χ0v) is 17.0. The summed E-state index contributed by atoms with van der Waals surface area (Å²) in [4.78, 5) is 14.2. The number of nitrogens with zero attached hydrogens (tertiary/aromatic N) is 1. The molecular formula is C22H36N2O2. The zero-order chi connectivity index (χ0) is 19.2. The Labute approximate surface area is 159 Å². The summed E-state index contributed by atoms with van der Waals surface area (Å²) < 4.78 is 0. The van der Waals surface area contributed by atoms with Crippen molar-refractivity contribution in [3.8, 4) is 5.75 Å². The van der Waals surface area contributed by atoms with Gasteiger partial charge in [0.05, 0.1) is 5.69 Å². The molecule has 2 rings (SSSR count). The van der Waals surface area contributed by atoms with E-state index in [1.165, 1.54) is 37.8 Å². The second-order valence-electron chi connectivity index (χ2n) is 8.06. The average molecular weight is 361 g/mol. The van der Waals surface area contributed by atoms with Gasteiger partial charge in [-0.3, -0.25) is 4.79 Å². The fourth-order valence-corrected chi connectivity index (χ4v) is 3.94. The van der Waals surface area contributed by atoms with Crippen LogP contribution in [0.15, 0.2) is 18.2 Å². The molecule has 1 saturated heterocycles. The van der Waals surface area contributed by atoms with Crippen LogP contribution < -0.4 is 5.32 Å². The van der Waals surface area contributed by atoms with E-state index in [2.05, 4.69) is 37.1 Å². The summed E-state index contributed by atoms with van der Waals surface area (Å²) in [6.45, 7) is 12.1. The van der Waals surface area contributed by atoms with E-state index in [4.69, 9.17) is 0 Å². The summed E-state index contributed by atoms with van der Waals surface area (Å²) in [5.74, 6) is 0.613. The normalized spacial score (nSPS) is 23.8. The van der Waals surface area contributed by atoms with E-state index < -0.39 is 0 Å². The third-order valence-electron chi connectivity index (χ3n) is 6.15. The minimum absolute atomic E-state index is 0.0602. The molecule has 146 valence electrons. The fourth-order valence-electron chi connectivity index (χ4n) is 3.94. The third-order valence-corrected chi connectivity index (χ3v) is 6.15. The van der Waals surface area contributed by atoms with Crippen LogP contribution in [0.25, 0.3) is 0 Å². The van der Waals surface area contributed by atoms with Crippen molar-refractivity contribution in [3.63, 3.8) is 0 Å². The number of hydrogen-bond acceptors (Lipinski definition) is 3. The van der Waals surface area contributed by atoms with Gasteiger partial charge in [0, 0.05) is 13.0 Å². The Balaban J connectivity index is 2.01. The molecule has 4 nitrogen and oxygen atoms in total. The van der Waals surface area contributed by atoms with E-state index in [1.54, 1.807) is 6.92 Å². The lowest BCUT2D eigenvalue weighted by Gasteiger charge is -2.45. The quantitative estimate of drug-likeness (QED) is 0.511. The first-order valence-corrected chi connectivity index (χ1v) is 10.3. The highest BCUT2D eigenvalue weighted by Crippen LogP contribution is 2.41. The molecular weight excluding hydrogens is 324 g/mol. The van der Waals surface area contributed by atoms with Crippen molar-refractivity contribution in [2.75, 3.05) is 25.0 Å². The number of benzene rings is 1. The topological polar surface area (TPSA) is 52.6 Å². The highest BCUT2D eigenvalue weighted by molar-refractivity contribution is 5.92. The van der Waals surface area contributed by atoms with Crippen molar-refractivity contribution in [2.45, 2.75) is 71.6 Å². The van der Waals surface area contributed by atoms with Gasteiger partial charge in [0.15, 0.2) is 0 Å². The van der Waals surface area contributed by atoms with Gasteiger partial charge in [-0.2, -0.15) is 0 Å². The number of hydrogen-bond donors (Lipinski definition) is 2. The number of piperidine rings is 1. The minimum atomic E-state index is -0.0796. The molecule has 2 atom stereocenters. The number of likely N-dealkylation sites (tertiary alicyclic amines) is 1. The van der Waals surface area contributed by atoms with Gasteiger partial charge in [-0.25, -0.2) is 0 Å². The van der Waals surface area contributed by atoms with Crippen LogP contribution in [-0.4, -0.2) is 35.5 Å². The van der Waals surface area contributed by atoms with E-state index in [0.717, 1.165) is 19.5 Å². The minimum Gasteiger partial charge on any atom is -0.506 e. The second kappa shape index (κ2) is 9.40. The standard InChI is InChI=1S/C22H36N2O2/c1-5-7-8-9-13-24-14-12-22(4,17(3)16-24)18-10-11-19(20(25)15-18)23-21(26)6-2/h10-11,15,17,25H,5-9,12-14,16H2,1-4H3,(H,23,26)/t17-,22-/m0/s1. The van der Waals surface area contributed by atoms with Gasteiger partial charge in [0.25, 0.3) is 0 Å². The molecule has 1 aromatic rings. The Hall–Kier alpha value is -1.55. The molecule has 1 fully saturated rings. The Morgan fingerprint density at radius 1 is 1.31 bits per heavy atom. The number of carbonyl (C=O) groups is 1. The molecule has 1 aromatic carbocycles. The number of amides is 1. The van der Waals surface area contributed by atoms with Crippen LogP contribution in [0.5, 0.6) is 5.75 Å². The van der Waals surface area contributed by atoms with E-state index in [1.807, 2.05) is 12.1 Å². The van der Waals surface area contributed by atoms with Crippen molar-refractivity contribution < 1.29 is 9.90 Å². The number of carbonyl (C=O) groups excluding carboxylic acids is 1. The molecule has 1 aliphatic rings. The predicted molar refractivity (Wildman–Crippen MR) is 109 cm³/mol. The summed E-state index contributed by atoms with van der Waals surface area (Å²) in [5, 5.41) is 13.1. The van der Waals surface area contributed by atoms with Gasteiger partial charge in [-0.15, -0.1) is 0 Å². The Morgan fingerprint density at radius 2 is 2.08 bits per heavy atom. The molecule has 1 heterocycles. The summed E-state index contributed by atoms with van der Waals surface area (Å²) in [5.41, 5.74) is 1.73. The first-order chi connectivity index (χ1) is 12.4. The van der Waals surface area contributed by atoms with E-state index in [0.29, 0.717) is 18.0 Å². The maximum absolute atomic E-state index is 11.6. The second-order valence-corrected chi connectivity index (χ2v) is 8.06. The molecule has 0 aromatic heterocycles. The van der Waals surface area contributed by atoms with Crippen LogP contribution in [0.4, 0.5) is 5.69 Å². The Morgan fingerprint density at radius 3 is 2.69 bits per heavy atom. The highest BCUT2D eigenvalue weighted by atomic mass is 16.3. The van der Waals surface area contributed by atoms with E-state index in [-0.39, 0.29) is 17.1 Å². The first-order valence-electron chi connectivity index (χ1n) is 10.3. The summed E-state index contributed by atoms with van der Waals surface area (Å²) >= 11 is 0. The first kappa shape index (κ1) is 20.8. The van der Waals surface area contributed by atoms with Crippen molar-refractivity contribution in [3.05, 3.63) is 23.8 Å². The number of nitrogens with one attached hydrogen (secondary N) is 1. The van der Waals surface area contributed by atoms with Gasteiger partial charge in [0.1, 0.15) is 5.75 Å². The van der Waals surface area contributed by atoms with E-state index in [9.17, 15) is 9.90 Å². The average Bonchev–Trinajstić information content (AvgIpc) is 2.63. The maximum atomic E-state index is 11.6. The molecule has 0 spiro atoms. The predicted octanol–water partition coefficient (Wildman–Crippen LogP) is 4.92. The number of unbranched alkanes of at least 4 members (excludes halogenated alkanes) is 3. The van der Waals surface area contributed by atoms with Gasteiger partial charge in [0.2, 0.25) is 5.91 Å². The zero-order valence-electron chi connectivity index (χ0n) is 17.0. The number of aromatic hydroxyl groups is 1. The van der Waals surface area contributed by atoms with Gasteiger partial charge >= 0.3 is 0 Å². The number of anilines is 1. The van der Waals surface area contributed by atoms with Crippen LogP contribution in [0.1, 0.15) is 71.8 Å². The molecule has 0 radical (unpaired) electrons. The van der Waals surface area contributed by atoms with Crippen molar-refractivity contribution >= 4 is 11.6 Å². The van der Waals surface area contributed by atoms with Gasteiger partial charge < -0.3 is 15.3 Å². The number of phenols is 1. The Bertz CT molecular complexity index is 602. The maximum Gasteiger partial charge on any atom is 0.224 e. The van der Waals surface area contributed by atoms with Crippen LogP contribution in [-0.2, 0) is 10.2 Å². The Kier molecular flexibility index (Phi) is 7.51. The highest BCUT2D eigenvalue weighted by Gasteiger charge is 2.38. The molecule has 0 unspecified atom stereocenters. The van der Waals surface area contributed by atoms with Crippen molar-refractivity contribution in [1.29, 1.82) is 0 Å². The molecule has 2 N–H and O–H groups in total. The summed E-state index contributed by atoms with van der Waals surface area (Å²) in [6.07, 6.45) is 6.75. The molecule has 0 bridgehead atoms. The number of rotatable bonds is 8. The summed E-state index contributed by atoms with van der Waals surface area (Å²) in [6, 6.07) is 5.75. The van der Waals surface area contributed by atoms with Crippen molar-refractivity contribution in [1.82, 2.24) is 4.90 Å². The van der Waals surface area contributed by atoms with Crippen LogP contribution in [0.3, 0.4) is 0 Å². The van der Waals surface area contributed by atoms with Crippen molar-refractivity contribution in [2.24, 2.45) is 5.92 Å². The van der Waals surface area contributed by atoms with E-state index >= 15 is 0 Å². The molecule has 1 amide bonds. The van der Waals surface area contributed by atoms with Crippen LogP contribution in [0.2, 0.25) is 0 Å². The third kappa shape index (κ3) is 5.00. The smallest absolute Gasteiger partial charge is 0.224 e. The monoisotopic (exact) mass is 360 g/mol. The lowest BCUT2D eigenvalue weighted by molar-refractivity contribution is -0.115. The van der Waals surface area contributed by atoms with Crippen LogP contribution >= 0.6 is 0 Å². The molecule has 1 aliphatic heterocycles. The molecule has 4 heteroatoms.